The van der Waals surface area contributed by atoms with E-state index >= 15 is 0 Å². The van der Waals surface area contributed by atoms with Crippen LogP contribution in [0.5, 0.6) is 0 Å². The van der Waals surface area contributed by atoms with E-state index in [9.17, 15) is 4.79 Å². The number of carbonyl (C=O) groups is 1. The molecule has 0 bridgehead atoms. The zero-order valence-electron chi connectivity index (χ0n) is 14.1. The van der Waals surface area contributed by atoms with Crippen LogP contribution in [-0.2, 0) is 0 Å². The minimum absolute atomic E-state index is 0.618. The van der Waals surface area contributed by atoms with Crippen LogP contribution in [-0.4, -0.2) is 15.1 Å². The second kappa shape index (κ2) is 7.15. The molecule has 24 heavy (non-hydrogen) atoms. The molecule has 1 radical (unpaired) electrons. The number of hydrogen-bond acceptors (Lipinski definition) is 3. The first kappa shape index (κ1) is 16.7. The van der Waals surface area contributed by atoms with Crippen molar-refractivity contribution in [2.45, 2.75) is 20.0 Å². The monoisotopic (exact) mass is 350 g/mol. The minimum atomic E-state index is -0.618. The van der Waals surface area contributed by atoms with Crippen molar-refractivity contribution in [2.24, 2.45) is 0 Å². The van der Waals surface area contributed by atoms with Gasteiger partial charge in [0.25, 0.3) is 0 Å². The van der Waals surface area contributed by atoms with Gasteiger partial charge in [0.15, 0.2) is 6.29 Å². The Morgan fingerprint density at radius 3 is 2.21 bits per heavy atom. The summed E-state index contributed by atoms with van der Waals surface area (Å²) < 4.78 is 0. The molecule has 0 fully saturated rings. The van der Waals surface area contributed by atoms with E-state index in [1.807, 2.05) is 12.1 Å². The third kappa shape index (κ3) is 3.20. The van der Waals surface area contributed by atoms with E-state index in [0.29, 0.717) is 0 Å². The number of anilines is 3. The zero-order valence-corrected chi connectivity index (χ0v) is 15.9. The van der Waals surface area contributed by atoms with Crippen LogP contribution in [0.2, 0.25) is 13.1 Å². The van der Waals surface area contributed by atoms with Crippen molar-refractivity contribution in [3.63, 3.8) is 0 Å². The summed E-state index contributed by atoms with van der Waals surface area (Å²) in [6.45, 7) is 6.75. The number of aryl methyl sites for hydroxylation is 1. The molecule has 0 saturated carbocycles. The zero-order chi connectivity index (χ0) is 17.1. The van der Waals surface area contributed by atoms with Gasteiger partial charge in [-0.05, 0) is 41.9 Å². The van der Waals surface area contributed by atoms with Crippen LogP contribution in [0, 0.1) is 6.92 Å². The van der Waals surface area contributed by atoms with Gasteiger partial charge in [-0.15, -0.1) is 11.3 Å². The summed E-state index contributed by atoms with van der Waals surface area (Å²) in [7, 11) is -0.618. The molecule has 1 heterocycles. The molecule has 2 nitrogen and oxygen atoms in total. The Morgan fingerprint density at radius 1 is 0.917 bits per heavy atom. The normalized spacial score (nSPS) is 10.8. The van der Waals surface area contributed by atoms with Crippen molar-refractivity contribution >= 4 is 48.0 Å². The van der Waals surface area contributed by atoms with Gasteiger partial charge in [-0.25, -0.2) is 0 Å². The number of benzene rings is 2. The van der Waals surface area contributed by atoms with E-state index < -0.39 is 8.80 Å². The summed E-state index contributed by atoms with van der Waals surface area (Å²) >= 11 is 1.53. The largest absolute Gasteiger partial charge is 0.302 e. The molecule has 3 aromatic rings. The lowest BCUT2D eigenvalue weighted by Gasteiger charge is -2.28. The van der Waals surface area contributed by atoms with E-state index in [-0.39, 0.29) is 0 Å². The maximum absolute atomic E-state index is 11.2. The molecule has 0 saturated heterocycles. The summed E-state index contributed by atoms with van der Waals surface area (Å²) in [5, 5.41) is 2.47. The van der Waals surface area contributed by atoms with Crippen molar-refractivity contribution in [1.82, 2.24) is 0 Å². The van der Waals surface area contributed by atoms with Gasteiger partial charge in [0.05, 0.1) is 13.7 Å². The fourth-order valence-electron chi connectivity index (χ4n) is 2.80. The SMILES string of the molecule is Cc1ccccc1N(c1ccc(C=O)s1)c1ccccc1[Si](C)C. The first-order chi connectivity index (χ1) is 11.6. The molecule has 0 amide bonds. The second-order valence-corrected chi connectivity index (χ2v) is 9.57. The van der Waals surface area contributed by atoms with Crippen molar-refractivity contribution in [2.75, 3.05) is 4.90 Å². The molecule has 0 unspecified atom stereocenters. The first-order valence-corrected chi connectivity index (χ1v) is 11.2. The Hall–Kier alpha value is -2.17. The van der Waals surface area contributed by atoms with E-state index in [4.69, 9.17) is 0 Å². The second-order valence-electron chi connectivity index (χ2n) is 5.93. The highest BCUT2D eigenvalue weighted by molar-refractivity contribution is 7.17. The summed E-state index contributed by atoms with van der Waals surface area (Å²) in [5.41, 5.74) is 3.59. The fraction of sp³-hybridized carbons (Fsp3) is 0.150. The van der Waals surface area contributed by atoms with Gasteiger partial charge in [-0.3, -0.25) is 4.79 Å². The molecule has 2 aromatic carbocycles. The number of thiophene rings is 1. The standard InChI is InChI=1S/C20H20NOSSi/c1-15-8-4-5-9-17(15)21(20-13-12-16(14-22)23-20)18-10-6-7-11-19(18)24(2)3/h4-14H,1-3H3. The predicted octanol–water partition coefficient (Wildman–Crippen LogP) is 5.30. The van der Waals surface area contributed by atoms with Crippen molar-refractivity contribution in [1.29, 1.82) is 0 Å². The maximum Gasteiger partial charge on any atom is 0.160 e. The van der Waals surface area contributed by atoms with Gasteiger partial charge in [0.1, 0.15) is 5.00 Å². The molecule has 0 N–H and O–H groups in total. The van der Waals surface area contributed by atoms with E-state index in [1.54, 1.807) is 0 Å². The van der Waals surface area contributed by atoms with Crippen molar-refractivity contribution in [3.8, 4) is 0 Å². The van der Waals surface area contributed by atoms with Crippen molar-refractivity contribution in [3.05, 3.63) is 71.1 Å². The average Bonchev–Trinajstić information content (AvgIpc) is 3.06. The van der Waals surface area contributed by atoms with Crippen LogP contribution < -0.4 is 10.1 Å². The quantitative estimate of drug-likeness (QED) is 0.460. The number of carbonyl (C=O) groups excluding carboxylic acids is 1. The Morgan fingerprint density at radius 2 is 1.58 bits per heavy atom. The lowest BCUT2D eigenvalue weighted by atomic mass is 10.1. The fourth-order valence-corrected chi connectivity index (χ4v) is 4.79. The molecular weight excluding hydrogens is 330 g/mol. The van der Waals surface area contributed by atoms with Crippen LogP contribution in [0.4, 0.5) is 16.4 Å². The minimum Gasteiger partial charge on any atom is -0.302 e. The Labute approximate surface area is 149 Å². The summed E-state index contributed by atoms with van der Waals surface area (Å²) in [4.78, 5) is 14.2. The van der Waals surface area contributed by atoms with E-state index in [1.165, 1.54) is 27.8 Å². The topological polar surface area (TPSA) is 20.3 Å². The van der Waals surface area contributed by atoms with Gasteiger partial charge in [0, 0.05) is 11.4 Å². The van der Waals surface area contributed by atoms with E-state index in [0.717, 1.165) is 21.9 Å². The smallest absolute Gasteiger partial charge is 0.160 e. The number of hydrogen-bond donors (Lipinski definition) is 0. The molecule has 4 heteroatoms. The van der Waals surface area contributed by atoms with Gasteiger partial charge in [-0.2, -0.15) is 0 Å². The Bertz CT molecular complexity index is 856. The molecular formula is C20H20NOSSi. The maximum atomic E-state index is 11.2. The van der Waals surface area contributed by atoms with Gasteiger partial charge >= 0.3 is 0 Å². The van der Waals surface area contributed by atoms with Gasteiger partial charge < -0.3 is 4.90 Å². The molecule has 1 aromatic heterocycles. The third-order valence-corrected chi connectivity index (χ3v) is 6.49. The Balaban J connectivity index is 2.23. The van der Waals surface area contributed by atoms with Gasteiger partial charge in [0.2, 0.25) is 0 Å². The lowest BCUT2D eigenvalue weighted by Crippen LogP contribution is -2.29. The highest BCUT2D eigenvalue weighted by Gasteiger charge is 2.20. The number of nitrogens with zero attached hydrogens (tertiary/aromatic N) is 1. The van der Waals surface area contributed by atoms with Gasteiger partial charge in [-0.1, -0.05) is 49.5 Å². The highest BCUT2D eigenvalue weighted by Crippen LogP contribution is 2.39. The van der Waals surface area contributed by atoms with E-state index in [2.05, 4.69) is 73.4 Å². The number of rotatable bonds is 5. The first-order valence-electron chi connectivity index (χ1n) is 7.92. The van der Waals surface area contributed by atoms with Crippen molar-refractivity contribution < 1.29 is 4.79 Å². The third-order valence-electron chi connectivity index (χ3n) is 3.99. The van der Waals surface area contributed by atoms with Crippen LogP contribution in [0.15, 0.2) is 60.7 Å². The molecule has 0 atom stereocenters. The molecule has 0 aliphatic carbocycles. The predicted molar refractivity (Wildman–Crippen MR) is 106 cm³/mol. The molecule has 0 spiro atoms. The molecule has 0 aliphatic heterocycles. The highest BCUT2D eigenvalue weighted by atomic mass is 32.1. The summed E-state index contributed by atoms with van der Waals surface area (Å²) in [5.74, 6) is 0. The number of aldehydes is 1. The number of para-hydroxylation sites is 2. The summed E-state index contributed by atoms with van der Waals surface area (Å²) in [6, 6.07) is 20.9. The van der Waals surface area contributed by atoms with Crippen LogP contribution in [0.3, 0.4) is 0 Å². The van der Waals surface area contributed by atoms with Crippen LogP contribution in [0.25, 0.3) is 0 Å². The molecule has 121 valence electrons. The lowest BCUT2D eigenvalue weighted by molar-refractivity contribution is 0.112. The average molecular weight is 351 g/mol. The molecule has 3 rings (SSSR count). The van der Waals surface area contributed by atoms with Crippen LogP contribution >= 0.6 is 11.3 Å². The Kier molecular flexibility index (Phi) is 4.97. The summed E-state index contributed by atoms with van der Waals surface area (Å²) in [6.07, 6.45) is 0.922. The molecule has 0 aliphatic rings. The van der Waals surface area contributed by atoms with Crippen LogP contribution in [0.1, 0.15) is 15.2 Å².